The van der Waals surface area contributed by atoms with E-state index in [4.69, 9.17) is 4.52 Å². The van der Waals surface area contributed by atoms with Gasteiger partial charge in [-0.2, -0.15) is 0 Å². The molecule has 1 fully saturated rings. The second kappa shape index (κ2) is 6.57. The van der Waals surface area contributed by atoms with Gasteiger partial charge in [0.05, 0.1) is 12.2 Å². The number of aromatic nitrogens is 2. The summed E-state index contributed by atoms with van der Waals surface area (Å²) in [6.45, 7) is 0.798. The molecule has 1 unspecified atom stereocenters. The predicted molar refractivity (Wildman–Crippen MR) is 88.0 cm³/mol. The minimum absolute atomic E-state index is 0.0791. The number of nitrogens with zero attached hydrogens (tertiary/aromatic N) is 4. The Bertz CT molecular complexity index is 918. The van der Waals surface area contributed by atoms with Gasteiger partial charge in [-0.05, 0) is 18.2 Å². The van der Waals surface area contributed by atoms with E-state index in [1.54, 1.807) is 24.4 Å². The molecule has 132 valence electrons. The number of piperazine rings is 1. The van der Waals surface area contributed by atoms with Crippen molar-refractivity contribution in [2.24, 2.45) is 0 Å². The number of amides is 2. The van der Waals surface area contributed by atoms with Crippen molar-refractivity contribution in [2.45, 2.75) is 19.1 Å². The molecule has 26 heavy (non-hydrogen) atoms. The van der Waals surface area contributed by atoms with Crippen molar-refractivity contribution >= 4 is 11.8 Å². The minimum atomic E-state index is -1.15. The summed E-state index contributed by atoms with van der Waals surface area (Å²) in [6.07, 6.45) is 1.85. The number of allylic oxidation sites excluding steroid dienone is 1. The normalized spacial score (nSPS) is 20.0. The first-order valence-electron chi connectivity index (χ1n) is 8.19. The molecular formula is C18H15FN4O3. The highest BCUT2D eigenvalue weighted by molar-refractivity contribution is 6.35. The zero-order valence-electron chi connectivity index (χ0n) is 13.8. The van der Waals surface area contributed by atoms with Crippen molar-refractivity contribution < 1.29 is 18.5 Å². The molecule has 1 aliphatic carbocycles. The Kier molecular flexibility index (Phi) is 4.10. The zero-order chi connectivity index (χ0) is 18.1. The van der Waals surface area contributed by atoms with Crippen LogP contribution in [0.4, 0.5) is 4.39 Å². The topological polar surface area (TPSA) is 79.5 Å². The first kappa shape index (κ1) is 16.2. The molecule has 7 nitrogen and oxygen atoms in total. The van der Waals surface area contributed by atoms with Crippen LogP contribution in [0, 0.1) is 0 Å². The fraction of sp³-hybridized carbons (Fsp3) is 0.278. The van der Waals surface area contributed by atoms with Crippen LogP contribution in [-0.2, 0) is 16.1 Å². The molecule has 4 rings (SSSR count). The summed E-state index contributed by atoms with van der Waals surface area (Å²) in [6, 6.07) is 7.12. The Balaban J connectivity index is 1.44. The average Bonchev–Trinajstić information content (AvgIpc) is 3.29. The number of rotatable bonds is 4. The molecule has 2 aromatic heterocycles. The standard InChI is InChI=1S/C18H15FN4O3/c19-12-4-5-14(9-12)23-8-7-22(17(24)18(23)25)11-13-10-16(26-21-13)15-3-1-2-6-20-15/h1-4,6,10,12H,7-9,11H2. The molecule has 0 spiro atoms. The number of carbonyl (C=O) groups excluding carboxylic acids is 2. The highest BCUT2D eigenvalue weighted by Gasteiger charge is 2.36. The van der Waals surface area contributed by atoms with Gasteiger partial charge in [0.1, 0.15) is 17.6 Å². The largest absolute Gasteiger partial charge is 0.354 e. The summed E-state index contributed by atoms with van der Waals surface area (Å²) in [5.41, 5.74) is 4.32. The molecule has 2 aliphatic rings. The Hall–Kier alpha value is -3.25. The Morgan fingerprint density at radius 3 is 2.88 bits per heavy atom. The van der Waals surface area contributed by atoms with Gasteiger partial charge in [0.15, 0.2) is 5.76 Å². The lowest BCUT2D eigenvalue weighted by Gasteiger charge is -2.33. The van der Waals surface area contributed by atoms with Gasteiger partial charge in [-0.1, -0.05) is 11.2 Å². The van der Waals surface area contributed by atoms with E-state index in [1.807, 2.05) is 6.07 Å². The van der Waals surface area contributed by atoms with E-state index in [0.717, 1.165) is 0 Å². The van der Waals surface area contributed by atoms with Gasteiger partial charge in [0, 0.05) is 31.8 Å². The summed E-state index contributed by atoms with van der Waals surface area (Å²) in [7, 11) is 0. The van der Waals surface area contributed by atoms with E-state index < -0.39 is 18.0 Å². The zero-order valence-corrected chi connectivity index (χ0v) is 13.8. The van der Waals surface area contributed by atoms with Crippen LogP contribution in [0.5, 0.6) is 0 Å². The highest BCUT2D eigenvalue weighted by atomic mass is 19.1. The van der Waals surface area contributed by atoms with Crippen molar-refractivity contribution in [3.05, 3.63) is 53.7 Å². The maximum atomic E-state index is 13.3. The van der Waals surface area contributed by atoms with E-state index in [1.165, 1.54) is 15.9 Å². The Labute approximate surface area is 148 Å². The van der Waals surface area contributed by atoms with Gasteiger partial charge in [-0.3, -0.25) is 19.5 Å². The number of alkyl halides is 1. The molecule has 1 saturated heterocycles. The molecule has 0 aromatic carbocycles. The van der Waals surface area contributed by atoms with Gasteiger partial charge in [0.2, 0.25) is 0 Å². The summed E-state index contributed by atoms with van der Waals surface area (Å²) < 4.78 is 18.5. The predicted octanol–water partition coefficient (Wildman–Crippen LogP) is 1.69. The fourth-order valence-corrected chi connectivity index (χ4v) is 2.97. The third-order valence-corrected chi connectivity index (χ3v) is 4.28. The maximum absolute atomic E-state index is 13.3. The summed E-state index contributed by atoms with van der Waals surface area (Å²) in [5, 5.41) is 3.95. The SMILES string of the molecule is O=C1C(=O)N(C2=C=CC(F)C2)CCN1Cc1cc(-c2ccccn2)on1. The molecular weight excluding hydrogens is 339 g/mol. The molecule has 3 heterocycles. The van der Waals surface area contributed by atoms with Gasteiger partial charge in [-0.15, -0.1) is 5.73 Å². The second-order valence-corrected chi connectivity index (χ2v) is 6.06. The third kappa shape index (κ3) is 3.02. The van der Waals surface area contributed by atoms with Crippen LogP contribution in [0.2, 0.25) is 0 Å². The summed E-state index contributed by atoms with van der Waals surface area (Å²) >= 11 is 0. The van der Waals surface area contributed by atoms with Gasteiger partial charge < -0.3 is 9.42 Å². The fourth-order valence-electron chi connectivity index (χ4n) is 2.97. The number of halogens is 1. The van der Waals surface area contributed by atoms with Crippen LogP contribution < -0.4 is 0 Å². The van der Waals surface area contributed by atoms with Crippen molar-refractivity contribution in [2.75, 3.05) is 13.1 Å². The van der Waals surface area contributed by atoms with Crippen molar-refractivity contribution in [3.8, 4) is 11.5 Å². The first-order valence-corrected chi connectivity index (χ1v) is 8.19. The van der Waals surface area contributed by atoms with Crippen molar-refractivity contribution in [3.63, 3.8) is 0 Å². The molecule has 0 N–H and O–H groups in total. The van der Waals surface area contributed by atoms with Crippen molar-refractivity contribution in [1.29, 1.82) is 0 Å². The van der Waals surface area contributed by atoms with Gasteiger partial charge >= 0.3 is 11.8 Å². The van der Waals surface area contributed by atoms with Crippen LogP contribution in [0.3, 0.4) is 0 Å². The monoisotopic (exact) mass is 354 g/mol. The van der Waals surface area contributed by atoms with Crippen LogP contribution >= 0.6 is 0 Å². The molecule has 1 aliphatic heterocycles. The third-order valence-electron chi connectivity index (χ3n) is 4.28. The Morgan fingerprint density at radius 2 is 2.15 bits per heavy atom. The van der Waals surface area contributed by atoms with Crippen LogP contribution in [0.15, 0.2) is 52.5 Å². The minimum Gasteiger partial charge on any atom is -0.354 e. The molecule has 8 heteroatoms. The van der Waals surface area contributed by atoms with Crippen molar-refractivity contribution in [1.82, 2.24) is 19.9 Å². The van der Waals surface area contributed by atoms with E-state index >= 15 is 0 Å². The second-order valence-electron chi connectivity index (χ2n) is 6.06. The highest BCUT2D eigenvalue weighted by Crippen LogP contribution is 2.23. The lowest BCUT2D eigenvalue weighted by molar-refractivity contribution is -0.155. The molecule has 2 amide bonds. The first-order chi connectivity index (χ1) is 12.6. The van der Waals surface area contributed by atoms with Gasteiger partial charge in [0.25, 0.3) is 0 Å². The van der Waals surface area contributed by atoms with Crippen LogP contribution in [0.1, 0.15) is 12.1 Å². The van der Waals surface area contributed by atoms with E-state index in [9.17, 15) is 14.0 Å². The summed E-state index contributed by atoms with van der Waals surface area (Å²) in [4.78, 5) is 31.6. The maximum Gasteiger partial charge on any atom is 0.316 e. The lowest BCUT2D eigenvalue weighted by Crippen LogP contribution is -2.53. The molecule has 1 atom stereocenters. The number of hydrogen-bond acceptors (Lipinski definition) is 5. The van der Waals surface area contributed by atoms with Gasteiger partial charge in [-0.25, -0.2) is 4.39 Å². The number of pyridine rings is 1. The average molecular weight is 354 g/mol. The number of hydrogen-bond donors (Lipinski definition) is 0. The molecule has 0 bridgehead atoms. The lowest BCUT2D eigenvalue weighted by atomic mass is 10.2. The molecule has 2 aromatic rings. The quantitative estimate of drug-likeness (QED) is 0.617. The molecule has 0 radical (unpaired) electrons. The van der Waals surface area contributed by atoms with Crippen LogP contribution in [0.25, 0.3) is 11.5 Å². The number of carbonyl (C=O) groups is 2. The van der Waals surface area contributed by atoms with E-state index in [0.29, 0.717) is 35.9 Å². The Morgan fingerprint density at radius 1 is 1.27 bits per heavy atom. The molecule has 0 saturated carbocycles. The smallest absolute Gasteiger partial charge is 0.316 e. The van der Waals surface area contributed by atoms with Crippen LogP contribution in [-0.4, -0.2) is 51.0 Å². The van der Waals surface area contributed by atoms with E-state index in [-0.39, 0.29) is 13.0 Å². The van der Waals surface area contributed by atoms with E-state index in [2.05, 4.69) is 15.9 Å². The summed E-state index contributed by atoms with van der Waals surface area (Å²) in [5.74, 6) is -0.821.